The van der Waals surface area contributed by atoms with Gasteiger partial charge in [0, 0.05) is 5.92 Å². The molecular weight excluding hydrogens is 216 g/mol. The Labute approximate surface area is 99.0 Å². The van der Waals surface area contributed by atoms with Crippen LogP contribution < -0.4 is 11.3 Å². The Bertz CT molecular complexity index is 523. The van der Waals surface area contributed by atoms with Crippen LogP contribution in [0.5, 0.6) is 0 Å². The average molecular weight is 230 g/mol. The van der Waals surface area contributed by atoms with E-state index in [1.807, 2.05) is 0 Å². The zero-order valence-electron chi connectivity index (χ0n) is 9.39. The lowest BCUT2D eigenvalue weighted by Crippen LogP contribution is -2.12. The summed E-state index contributed by atoms with van der Waals surface area (Å²) in [7, 11) is 0. The van der Waals surface area contributed by atoms with Crippen LogP contribution in [0.3, 0.4) is 0 Å². The third kappa shape index (κ3) is 1.78. The Balaban J connectivity index is 1.99. The molecule has 0 fully saturated rings. The van der Waals surface area contributed by atoms with Gasteiger partial charge in [0.25, 0.3) is 0 Å². The largest absolute Gasteiger partial charge is 0.335 e. The Kier molecular flexibility index (Phi) is 2.53. The average Bonchev–Trinajstić information content (AvgIpc) is 2.87. The van der Waals surface area contributed by atoms with Crippen LogP contribution in [0, 0.1) is 0 Å². The lowest BCUT2D eigenvalue weighted by atomic mass is 9.82. The Morgan fingerprint density at radius 1 is 1.35 bits per heavy atom. The highest BCUT2D eigenvalue weighted by atomic mass is 16.5. The molecule has 3 N–H and O–H groups in total. The molecule has 0 saturated heterocycles. The summed E-state index contributed by atoms with van der Waals surface area (Å²) in [6.07, 6.45) is 3.34. The summed E-state index contributed by atoms with van der Waals surface area (Å²) in [6, 6.07) is 8.71. The minimum atomic E-state index is 0.228. The third-order valence-corrected chi connectivity index (χ3v) is 3.25. The smallest absolute Gasteiger partial charge is 0.314 e. The maximum Gasteiger partial charge on any atom is 0.335 e. The highest BCUT2D eigenvalue weighted by Crippen LogP contribution is 2.35. The fourth-order valence-electron chi connectivity index (χ4n) is 2.46. The van der Waals surface area contributed by atoms with Crippen LogP contribution in [0.4, 0.5) is 6.01 Å². The molecule has 1 aromatic carbocycles. The fraction of sp³-hybridized carbons (Fsp3) is 0.333. The molecule has 1 heterocycles. The number of fused-ring (bicyclic) bond motifs is 1. The number of rotatable bonds is 2. The SMILES string of the molecule is NNc1nc(C2CCCc3ccccc32)no1. The van der Waals surface area contributed by atoms with Crippen LogP contribution in [-0.2, 0) is 6.42 Å². The fourth-order valence-corrected chi connectivity index (χ4v) is 2.46. The quantitative estimate of drug-likeness (QED) is 0.608. The maximum atomic E-state index is 5.24. The molecule has 0 saturated carbocycles. The van der Waals surface area contributed by atoms with E-state index in [4.69, 9.17) is 10.4 Å². The molecule has 0 aliphatic heterocycles. The zero-order valence-corrected chi connectivity index (χ0v) is 9.39. The molecular formula is C12H14N4O. The number of hydrogen-bond donors (Lipinski definition) is 2. The van der Waals surface area contributed by atoms with E-state index in [1.54, 1.807) is 0 Å². The van der Waals surface area contributed by atoms with Crippen molar-refractivity contribution in [2.75, 3.05) is 5.43 Å². The monoisotopic (exact) mass is 230 g/mol. The molecule has 2 aromatic rings. The predicted octanol–water partition coefficient (Wildman–Crippen LogP) is 1.82. The van der Waals surface area contributed by atoms with Crippen molar-refractivity contribution in [1.29, 1.82) is 0 Å². The molecule has 0 radical (unpaired) electrons. The van der Waals surface area contributed by atoms with Crippen molar-refractivity contribution in [3.8, 4) is 0 Å². The minimum absolute atomic E-state index is 0.228. The van der Waals surface area contributed by atoms with Gasteiger partial charge in [0.2, 0.25) is 0 Å². The number of hydrazine groups is 1. The van der Waals surface area contributed by atoms with Crippen LogP contribution in [0.15, 0.2) is 28.8 Å². The van der Waals surface area contributed by atoms with Crippen LogP contribution in [0.1, 0.15) is 35.7 Å². The second-order valence-electron chi connectivity index (χ2n) is 4.25. The van der Waals surface area contributed by atoms with Gasteiger partial charge in [-0.2, -0.15) is 4.98 Å². The van der Waals surface area contributed by atoms with E-state index >= 15 is 0 Å². The molecule has 1 unspecified atom stereocenters. The Hall–Kier alpha value is -1.88. The number of hydrogen-bond acceptors (Lipinski definition) is 5. The first kappa shape index (κ1) is 10.3. The summed E-state index contributed by atoms with van der Waals surface area (Å²) in [5.74, 6) is 6.18. The van der Waals surface area contributed by atoms with E-state index in [0.29, 0.717) is 5.82 Å². The number of aromatic nitrogens is 2. The normalized spacial score (nSPS) is 18.8. The van der Waals surface area contributed by atoms with E-state index < -0.39 is 0 Å². The van der Waals surface area contributed by atoms with Crippen LogP contribution in [0.2, 0.25) is 0 Å². The summed E-state index contributed by atoms with van der Waals surface area (Å²) >= 11 is 0. The number of anilines is 1. The van der Waals surface area contributed by atoms with Gasteiger partial charge in [-0.1, -0.05) is 29.4 Å². The lowest BCUT2D eigenvalue weighted by Gasteiger charge is -2.22. The molecule has 5 nitrogen and oxygen atoms in total. The van der Waals surface area contributed by atoms with E-state index in [9.17, 15) is 0 Å². The van der Waals surface area contributed by atoms with Crippen molar-refractivity contribution in [1.82, 2.24) is 10.1 Å². The summed E-state index contributed by atoms with van der Waals surface area (Å²) in [5.41, 5.74) is 5.06. The van der Waals surface area contributed by atoms with Crippen molar-refractivity contribution >= 4 is 6.01 Å². The molecule has 1 atom stereocenters. The van der Waals surface area contributed by atoms with Crippen molar-refractivity contribution < 1.29 is 4.52 Å². The zero-order chi connectivity index (χ0) is 11.7. The number of nitrogens with two attached hydrogens (primary N) is 1. The molecule has 5 heteroatoms. The van der Waals surface area contributed by atoms with E-state index in [0.717, 1.165) is 19.3 Å². The van der Waals surface area contributed by atoms with Gasteiger partial charge in [-0.15, -0.1) is 0 Å². The first-order chi connectivity index (χ1) is 8.38. The van der Waals surface area contributed by atoms with Gasteiger partial charge < -0.3 is 4.52 Å². The first-order valence-corrected chi connectivity index (χ1v) is 5.76. The molecule has 3 rings (SSSR count). The van der Waals surface area contributed by atoms with E-state index in [-0.39, 0.29) is 11.9 Å². The predicted molar refractivity (Wildman–Crippen MR) is 63.3 cm³/mol. The molecule has 0 bridgehead atoms. The first-order valence-electron chi connectivity index (χ1n) is 5.76. The Morgan fingerprint density at radius 2 is 2.24 bits per heavy atom. The van der Waals surface area contributed by atoms with Gasteiger partial charge in [-0.05, 0) is 30.4 Å². The third-order valence-electron chi connectivity index (χ3n) is 3.25. The summed E-state index contributed by atoms with van der Waals surface area (Å²) in [6.45, 7) is 0. The van der Waals surface area contributed by atoms with Gasteiger partial charge in [-0.25, -0.2) is 5.84 Å². The summed E-state index contributed by atoms with van der Waals surface area (Å²) in [4.78, 5) is 4.24. The van der Waals surface area contributed by atoms with Gasteiger partial charge in [-0.3, -0.25) is 5.43 Å². The topological polar surface area (TPSA) is 77.0 Å². The highest BCUT2D eigenvalue weighted by Gasteiger charge is 2.25. The number of benzene rings is 1. The number of nitrogens with one attached hydrogen (secondary N) is 1. The molecule has 1 aliphatic carbocycles. The number of nitrogen functional groups attached to an aromatic ring is 1. The van der Waals surface area contributed by atoms with Crippen LogP contribution in [-0.4, -0.2) is 10.1 Å². The van der Waals surface area contributed by atoms with E-state index in [1.165, 1.54) is 11.1 Å². The molecule has 1 aromatic heterocycles. The van der Waals surface area contributed by atoms with Gasteiger partial charge in [0.05, 0.1) is 0 Å². The van der Waals surface area contributed by atoms with E-state index in [2.05, 4.69) is 39.8 Å². The molecule has 0 spiro atoms. The molecule has 88 valence electrons. The van der Waals surface area contributed by atoms with Crippen molar-refractivity contribution in [2.45, 2.75) is 25.2 Å². The molecule has 1 aliphatic rings. The highest BCUT2D eigenvalue weighted by molar-refractivity contribution is 5.36. The number of aryl methyl sites for hydroxylation is 1. The number of nitrogens with zero attached hydrogens (tertiary/aromatic N) is 2. The second-order valence-corrected chi connectivity index (χ2v) is 4.25. The summed E-state index contributed by atoms with van der Waals surface area (Å²) < 4.78 is 4.98. The maximum absolute atomic E-state index is 5.24. The molecule has 0 amide bonds. The van der Waals surface area contributed by atoms with Crippen molar-refractivity contribution in [3.05, 3.63) is 41.2 Å². The van der Waals surface area contributed by atoms with Gasteiger partial charge in [0.1, 0.15) is 0 Å². The van der Waals surface area contributed by atoms with Crippen LogP contribution >= 0.6 is 0 Å². The lowest BCUT2D eigenvalue weighted by molar-refractivity contribution is 0.415. The van der Waals surface area contributed by atoms with Gasteiger partial charge >= 0.3 is 6.01 Å². The van der Waals surface area contributed by atoms with Gasteiger partial charge in [0.15, 0.2) is 5.82 Å². The second kappa shape index (κ2) is 4.18. The van der Waals surface area contributed by atoms with Crippen LogP contribution in [0.25, 0.3) is 0 Å². The standard InChI is InChI=1S/C12H14N4O/c13-15-12-14-11(16-17-12)10-7-3-5-8-4-1-2-6-9(8)10/h1-2,4,6,10H,3,5,7,13H2,(H,14,15,16). The molecule has 17 heavy (non-hydrogen) atoms. The van der Waals surface area contributed by atoms with Crippen molar-refractivity contribution in [2.24, 2.45) is 5.84 Å². The summed E-state index contributed by atoms with van der Waals surface area (Å²) in [5, 5.41) is 3.98. The Morgan fingerprint density at radius 3 is 3.06 bits per heavy atom. The van der Waals surface area contributed by atoms with Crippen molar-refractivity contribution in [3.63, 3.8) is 0 Å². The minimum Gasteiger partial charge on any atom is -0.314 e.